The van der Waals surface area contributed by atoms with Gasteiger partial charge in [-0.15, -0.1) is 0 Å². The summed E-state index contributed by atoms with van der Waals surface area (Å²) < 4.78 is 22.5. The Morgan fingerprint density at radius 2 is 1.66 bits per heavy atom. The molecule has 8 heteroatoms. The lowest BCUT2D eigenvalue weighted by atomic mass is 9.95. The van der Waals surface area contributed by atoms with Crippen LogP contribution in [0.3, 0.4) is 0 Å². The van der Waals surface area contributed by atoms with Gasteiger partial charge in [-0.05, 0) is 42.7 Å². The highest BCUT2D eigenvalue weighted by atomic mass is 16.5. The van der Waals surface area contributed by atoms with Gasteiger partial charge < -0.3 is 29.0 Å². The maximum atomic E-state index is 13.3. The SMILES string of the molecule is CCCCCOc1ccc(C2C(=C(O)c3cccc(OCCCC)c3)C(=O)C(=O)N2CCOC)cc1OC. The molecule has 38 heavy (non-hydrogen) atoms. The minimum Gasteiger partial charge on any atom is -0.507 e. The van der Waals surface area contributed by atoms with E-state index < -0.39 is 17.7 Å². The summed E-state index contributed by atoms with van der Waals surface area (Å²) in [5.41, 5.74) is 1.03. The van der Waals surface area contributed by atoms with Gasteiger partial charge >= 0.3 is 0 Å². The number of carbonyl (C=O) groups excluding carboxylic acids is 2. The number of aliphatic hydroxyl groups excluding tert-OH is 1. The van der Waals surface area contributed by atoms with Crippen molar-refractivity contribution in [2.45, 2.75) is 52.0 Å². The van der Waals surface area contributed by atoms with Crippen LogP contribution in [0.5, 0.6) is 17.2 Å². The van der Waals surface area contributed by atoms with Gasteiger partial charge in [-0.2, -0.15) is 0 Å². The molecule has 1 fully saturated rings. The smallest absolute Gasteiger partial charge is 0.295 e. The molecule has 3 rings (SSSR count). The fraction of sp³-hybridized carbons (Fsp3) is 0.467. The fourth-order valence-electron chi connectivity index (χ4n) is 4.38. The molecule has 0 saturated carbocycles. The lowest BCUT2D eigenvalue weighted by molar-refractivity contribution is -0.140. The molecule has 0 aliphatic carbocycles. The van der Waals surface area contributed by atoms with E-state index in [-0.39, 0.29) is 24.5 Å². The summed E-state index contributed by atoms with van der Waals surface area (Å²) in [6.07, 6.45) is 4.99. The zero-order valence-electron chi connectivity index (χ0n) is 22.8. The van der Waals surface area contributed by atoms with Gasteiger partial charge in [0.25, 0.3) is 11.7 Å². The first kappa shape index (κ1) is 29.0. The highest BCUT2D eigenvalue weighted by Crippen LogP contribution is 2.42. The average Bonchev–Trinajstić information content (AvgIpc) is 3.19. The summed E-state index contributed by atoms with van der Waals surface area (Å²) in [4.78, 5) is 27.8. The van der Waals surface area contributed by atoms with Crippen molar-refractivity contribution in [3.8, 4) is 17.2 Å². The highest BCUT2D eigenvalue weighted by Gasteiger charge is 2.46. The number of unbranched alkanes of at least 4 members (excludes halogenated alkanes) is 3. The predicted molar refractivity (Wildman–Crippen MR) is 146 cm³/mol. The van der Waals surface area contributed by atoms with Crippen molar-refractivity contribution in [3.63, 3.8) is 0 Å². The van der Waals surface area contributed by atoms with Crippen LogP contribution in [0.2, 0.25) is 0 Å². The van der Waals surface area contributed by atoms with Crippen molar-refractivity contribution in [1.29, 1.82) is 0 Å². The van der Waals surface area contributed by atoms with Crippen molar-refractivity contribution in [2.75, 3.05) is 40.6 Å². The third kappa shape index (κ3) is 6.86. The number of ether oxygens (including phenoxy) is 4. The van der Waals surface area contributed by atoms with Crippen molar-refractivity contribution in [3.05, 3.63) is 59.2 Å². The number of methoxy groups -OCH3 is 2. The van der Waals surface area contributed by atoms with Gasteiger partial charge in [0.1, 0.15) is 11.5 Å². The summed E-state index contributed by atoms with van der Waals surface area (Å²) >= 11 is 0. The Labute approximate surface area is 225 Å². The second kappa shape index (κ2) is 14.4. The summed E-state index contributed by atoms with van der Waals surface area (Å²) in [7, 11) is 3.08. The number of hydrogen-bond acceptors (Lipinski definition) is 7. The van der Waals surface area contributed by atoms with Gasteiger partial charge in [-0.1, -0.05) is 51.3 Å². The van der Waals surface area contributed by atoms with Crippen LogP contribution in [0.25, 0.3) is 5.76 Å². The zero-order chi connectivity index (χ0) is 27.5. The van der Waals surface area contributed by atoms with E-state index in [1.54, 1.807) is 49.6 Å². The van der Waals surface area contributed by atoms with Crippen LogP contribution in [0.1, 0.15) is 63.1 Å². The molecule has 0 aromatic heterocycles. The zero-order valence-corrected chi connectivity index (χ0v) is 22.8. The Morgan fingerprint density at radius 3 is 2.37 bits per heavy atom. The van der Waals surface area contributed by atoms with Crippen LogP contribution < -0.4 is 14.2 Å². The number of Topliss-reactive ketones (excluding diaryl/α,β-unsaturated/α-hetero) is 1. The van der Waals surface area contributed by atoms with E-state index in [9.17, 15) is 14.7 Å². The Kier molecular flexibility index (Phi) is 11.0. The predicted octanol–water partition coefficient (Wildman–Crippen LogP) is 5.51. The van der Waals surface area contributed by atoms with Crippen molar-refractivity contribution < 1.29 is 33.6 Å². The molecule has 1 aliphatic heterocycles. The van der Waals surface area contributed by atoms with Crippen LogP contribution in [0.4, 0.5) is 0 Å². The molecular weight excluding hydrogens is 486 g/mol. The number of carbonyl (C=O) groups is 2. The summed E-state index contributed by atoms with van der Waals surface area (Å²) in [5.74, 6) is -0.0460. The van der Waals surface area contributed by atoms with Crippen molar-refractivity contribution in [1.82, 2.24) is 4.90 Å². The van der Waals surface area contributed by atoms with E-state index in [1.165, 1.54) is 12.0 Å². The van der Waals surface area contributed by atoms with Crippen LogP contribution in [-0.4, -0.2) is 62.3 Å². The minimum atomic E-state index is -0.821. The Hall–Kier alpha value is -3.52. The Balaban J connectivity index is 2.03. The molecule has 1 saturated heterocycles. The van der Waals surface area contributed by atoms with E-state index in [0.717, 1.165) is 32.1 Å². The second-order valence-electron chi connectivity index (χ2n) is 9.18. The lowest BCUT2D eigenvalue weighted by Crippen LogP contribution is -2.32. The number of rotatable bonds is 15. The summed E-state index contributed by atoms with van der Waals surface area (Å²) in [6, 6.07) is 11.4. The summed E-state index contributed by atoms with van der Waals surface area (Å²) in [6.45, 7) is 5.74. The van der Waals surface area contributed by atoms with Gasteiger partial charge in [0.15, 0.2) is 11.5 Å². The van der Waals surface area contributed by atoms with Gasteiger partial charge in [0.2, 0.25) is 0 Å². The van der Waals surface area contributed by atoms with Crippen LogP contribution in [0.15, 0.2) is 48.0 Å². The number of ketones is 1. The molecule has 2 aromatic carbocycles. The first-order chi connectivity index (χ1) is 18.5. The van der Waals surface area contributed by atoms with Crippen LogP contribution >= 0.6 is 0 Å². The molecule has 1 N–H and O–H groups in total. The second-order valence-corrected chi connectivity index (χ2v) is 9.18. The van der Waals surface area contributed by atoms with E-state index in [2.05, 4.69) is 13.8 Å². The number of amides is 1. The molecule has 0 spiro atoms. The largest absolute Gasteiger partial charge is 0.507 e. The van der Waals surface area contributed by atoms with E-state index in [4.69, 9.17) is 18.9 Å². The van der Waals surface area contributed by atoms with E-state index in [0.29, 0.717) is 41.6 Å². The molecule has 1 amide bonds. The molecular formula is C30H39NO7. The molecule has 1 aliphatic rings. The summed E-state index contributed by atoms with van der Waals surface area (Å²) in [5, 5.41) is 11.4. The molecule has 1 heterocycles. The van der Waals surface area contributed by atoms with Gasteiger partial charge in [-0.3, -0.25) is 9.59 Å². The fourth-order valence-corrected chi connectivity index (χ4v) is 4.38. The topological polar surface area (TPSA) is 94.5 Å². The molecule has 206 valence electrons. The molecule has 0 bridgehead atoms. The third-order valence-electron chi connectivity index (χ3n) is 6.46. The third-order valence-corrected chi connectivity index (χ3v) is 6.46. The van der Waals surface area contributed by atoms with Crippen LogP contribution in [0, 0.1) is 0 Å². The van der Waals surface area contributed by atoms with Gasteiger partial charge in [0.05, 0.1) is 38.5 Å². The monoisotopic (exact) mass is 525 g/mol. The van der Waals surface area contributed by atoms with E-state index in [1.807, 2.05) is 0 Å². The Morgan fingerprint density at radius 1 is 0.895 bits per heavy atom. The average molecular weight is 526 g/mol. The van der Waals surface area contributed by atoms with Gasteiger partial charge in [-0.25, -0.2) is 0 Å². The molecule has 0 radical (unpaired) electrons. The number of nitrogens with zero attached hydrogens (tertiary/aromatic N) is 1. The normalized spacial score (nSPS) is 16.6. The number of benzene rings is 2. The number of aliphatic hydroxyl groups is 1. The first-order valence-corrected chi connectivity index (χ1v) is 13.3. The minimum absolute atomic E-state index is 0.00970. The van der Waals surface area contributed by atoms with Gasteiger partial charge in [0, 0.05) is 19.2 Å². The molecule has 1 atom stereocenters. The lowest BCUT2D eigenvalue weighted by Gasteiger charge is -2.25. The van der Waals surface area contributed by atoms with E-state index >= 15 is 0 Å². The first-order valence-electron chi connectivity index (χ1n) is 13.3. The maximum Gasteiger partial charge on any atom is 0.295 e. The molecule has 8 nitrogen and oxygen atoms in total. The standard InChI is InChI=1S/C30H39NO7/c1-5-7-9-17-38-24-14-13-21(20-25(24)36-4)27-26(29(33)30(34)31(27)15-18-35-3)28(32)22-11-10-12-23(19-22)37-16-8-6-2/h10-14,19-20,27,32H,5-9,15-18H2,1-4H3. The highest BCUT2D eigenvalue weighted by molar-refractivity contribution is 6.46. The Bertz CT molecular complexity index is 1130. The quantitative estimate of drug-likeness (QED) is 0.142. The number of likely N-dealkylation sites (tertiary alicyclic amines) is 1. The van der Waals surface area contributed by atoms with Crippen molar-refractivity contribution >= 4 is 17.4 Å². The number of hydrogen-bond donors (Lipinski definition) is 1. The van der Waals surface area contributed by atoms with Crippen molar-refractivity contribution in [2.24, 2.45) is 0 Å². The molecule has 1 unspecified atom stereocenters. The van der Waals surface area contributed by atoms with Crippen LogP contribution in [-0.2, 0) is 14.3 Å². The maximum absolute atomic E-state index is 13.3. The molecule has 2 aromatic rings.